The molecule has 0 heterocycles. The Kier molecular flexibility index (Phi) is 85.5. The van der Waals surface area contributed by atoms with Gasteiger partial charge in [-0.15, -0.1) is 0 Å². The second kappa shape index (κ2) is 22.5. The van der Waals surface area contributed by atoms with Crippen LogP contribution in [0.3, 0.4) is 0 Å². The average molecular weight is 197 g/mol. The van der Waals surface area contributed by atoms with Crippen molar-refractivity contribution in [1.82, 2.24) is 0 Å². The van der Waals surface area contributed by atoms with Crippen LogP contribution in [0.4, 0.5) is 0 Å². The van der Waals surface area contributed by atoms with Gasteiger partial charge in [0.15, 0.2) is 0 Å². The number of hydrogen-bond acceptors (Lipinski definition) is 1. The van der Waals surface area contributed by atoms with E-state index in [1.807, 2.05) is 0 Å². The first-order chi connectivity index (χ1) is 1.73. The predicted molar refractivity (Wildman–Crippen MR) is 16.6 cm³/mol. The van der Waals surface area contributed by atoms with Crippen molar-refractivity contribution in [2.75, 3.05) is 0 Å². The van der Waals surface area contributed by atoms with Crippen LogP contribution >= 0.6 is 0 Å². The summed E-state index contributed by atoms with van der Waals surface area (Å²) < 4.78 is 0. The molecule has 0 aliphatic heterocycles. The Morgan fingerprint density at radius 1 is 1.38 bits per heavy atom. The monoisotopic (exact) mass is 196 g/mol. The van der Waals surface area contributed by atoms with E-state index in [9.17, 15) is 0 Å². The molecule has 8 heavy (non-hydrogen) atoms. The van der Waals surface area contributed by atoms with Crippen LogP contribution in [0, 0.1) is 0 Å². The van der Waals surface area contributed by atoms with Crippen LogP contribution < -0.4 is 88.7 Å². The van der Waals surface area contributed by atoms with Gasteiger partial charge in [0.1, 0.15) is 0 Å². The molecule has 0 atom stereocenters. The minimum atomic E-state index is -0.833. The summed E-state index contributed by atoms with van der Waals surface area (Å²) in [7, 11) is 0. The van der Waals surface area contributed by atoms with E-state index in [0.717, 1.165) is 6.92 Å². The summed E-state index contributed by atoms with van der Waals surface area (Å²) in [6.07, 6.45) is 0. The molecule has 0 amide bonds. The minimum absolute atomic E-state index is 0. The summed E-state index contributed by atoms with van der Waals surface area (Å²) >= 11 is 0. The fourth-order valence-corrected chi connectivity index (χ4v) is 0. The predicted octanol–water partition coefficient (Wildman–Crippen LogP) is -8.56. The van der Waals surface area contributed by atoms with Gasteiger partial charge in [-0.1, -0.05) is 0 Å². The number of carboxylic acid groups (broad SMARTS) is 1. The first-order valence-corrected chi connectivity index (χ1v) is 0.928. The number of rotatable bonds is 0. The van der Waals surface area contributed by atoms with Crippen molar-refractivity contribution < 1.29 is 122 Å². The molecule has 0 aromatic carbocycles. The van der Waals surface area contributed by atoms with Gasteiger partial charge in [-0.2, -0.15) is 0 Å². The molecular formula is C2H7Na3O2Zn. The standard InChI is InChI=1S/C2H4O2.3Na.Zn.3H/c1-2(3)4;;;;;;;/h1H3,(H,3,4);;;;;;;/q;3*+1;;3*-1. The SMILES string of the molecule is CC(=O)O.[H-].[H-].[H-].[Na+].[Na+].[Na+].[Zn]. The number of carbonyl (C=O) groups is 1. The molecule has 0 fully saturated rings. The zero-order valence-corrected chi connectivity index (χ0v) is 15.0. The Hall–Kier alpha value is 3.09. The van der Waals surface area contributed by atoms with E-state index in [0.29, 0.717) is 0 Å². The molecule has 0 bridgehead atoms. The van der Waals surface area contributed by atoms with E-state index in [1.54, 1.807) is 0 Å². The van der Waals surface area contributed by atoms with E-state index in [4.69, 9.17) is 9.90 Å². The Morgan fingerprint density at radius 2 is 1.38 bits per heavy atom. The molecule has 0 rings (SSSR count). The maximum atomic E-state index is 9.00. The Bertz CT molecular complexity index is 47.6. The summed E-state index contributed by atoms with van der Waals surface area (Å²) in [5, 5.41) is 7.42. The molecule has 32 valence electrons. The van der Waals surface area contributed by atoms with Crippen LogP contribution in [0.25, 0.3) is 0 Å². The molecule has 0 saturated heterocycles. The molecule has 0 unspecified atom stereocenters. The summed E-state index contributed by atoms with van der Waals surface area (Å²) in [5.41, 5.74) is 0. The van der Waals surface area contributed by atoms with Crippen molar-refractivity contribution in [3.8, 4) is 0 Å². The van der Waals surface area contributed by atoms with E-state index in [-0.39, 0.29) is 112 Å². The summed E-state index contributed by atoms with van der Waals surface area (Å²) in [4.78, 5) is 9.00. The van der Waals surface area contributed by atoms with Crippen LogP contribution in [-0.2, 0) is 24.3 Å². The second-order valence-corrected chi connectivity index (χ2v) is 0.519. The van der Waals surface area contributed by atoms with E-state index in [1.165, 1.54) is 0 Å². The zero-order chi connectivity index (χ0) is 3.58. The molecule has 0 aliphatic rings. The first-order valence-electron chi connectivity index (χ1n) is 0.928. The molecule has 0 aromatic heterocycles. The van der Waals surface area contributed by atoms with Crippen molar-refractivity contribution in [2.45, 2.75) is 6.92 Å². The third-order valence-electron chi connectivity index (χ3n) is 0. The molecule has 0 aliphatic carbocycles. The van der Waals surface area contributed by atoms with Crippen LogP contribution in [0.5, 0.6) is 0 Å². The van der Waals surface area contributed by atoms with Crippen LogP contribution in [-0.4, -0.2) is 11.1 Å². The van der Waals surface area contributed by atoms with Gasteiger partial charge >= 0.3 is 88.7 Å². The Morgan fingerprint density at radius 3 is 1.38 bits per heavy atom. The zero-order valence-electron chi connectivity index (χ0n) is 9.06. The van der Waals surface area contributed by atoms with Crippen molar-refractivity contribution in [2.24, 2.45) is 0 Å². The molecule has 2 nitrogen and oxygen atoms in total. The summed E-state index contributed by atoms with van der Waals surface area (Å²) in [6.45, 7) is 1.08. The van der Waals surface area contributed by atoms with Crippen LogP contribution in [0.15, 0.2) is 0 Å². The molecule has 0 aromatic rings. The van der Waals surface area contributed by atoms with Gasteiger partial charge in [0.2, 0.25) is 0 Å². The molecular weight excluding hydrogens is 190 g/mol. The van der Waals surface area contributed by atoms with Gasteiger partial charge in [0, 0.05) is 26.4 Å². The quantitative estimate of drug-likeness (QED) is 0.392. The van der Waals surface area contributed by atoms with Gasteiger partial charge in [-0.3, -0.25) is 4.79 Å². The molecule has 0 radical (unpaired) electrons. The van der Waals surface area contributed by atoms with E-state index >= 15 is 0 Å². The third-order valence-corrected chi connectivity index (χ3v) is 0. The summed E-state index contributed by atoms with van der Waals surface area (Å²) in [5.74, 6) is -0.833. The molecule has 1 N–H and O–H groups in total. The van der Waals surface area contributed by atoms with Gasteiger partial charge in [-0.05, 0) is 0 Å². The third kappa shape index (κ3) is 62.2. The smallest absolute Gasteiger partial charge is 1.00 e. The van der Waals surface area contributed by atoms with Crippen molar-refractivity contribution in [3.63, 3.8) is 0 Å². The second-order valence-electron chi connectivity index (χ2n) is 0.519. The normalized spacial score (nSPS) is 3.12. The van der Waals surface area contributed by atoms with E-state index in [2.05, 4.69) is 0 Å². The largest absolute Gasteiger partial charge is 1.00 e. The number of aliphatic carboxylic acids is 1. The van der Waals surface area contributed by atoms with Crippen molar-refractivity contribution in [1.29, 1.82) is 0 Å². The van der Waals surface area contributed by atoms with Crippen molar-refractivity contribution in [3.05, 3.63) is 0 Å². The topological polar surface area (TPSA) is 37.3 Å². The number of hydrogen-bond donors (Lipinski definition) is 1. The van der Waals surface area contributed by atoms with Crippen molar-refractivity contribution >= 4 is 5.97 Å². The Balaban J connectivity index is -0.00000000214. The maximum absolute atomic E-state index is 9.00. The molecule has 0 saturated carbocycles. The van der Waals surface area contributed by atoms with Gasteiger partial charge in [-0.25, -0.2) is 0 Å². The number of carboxylic acids is 1. The average Bonchev–Trinajstić information content (AvgIpc) is 0.811. The van der Waals surface area contributed by atoms with Gasteiger partial charge < -0.3 is 9.39 Å². The van der Waals surface area contributed by atoms with Crippen LogP contribution in [0.2, 0.25) is 0 Å². The van der Waals surface area contributed by atoms with Gasteiger partial charge in [0.25, 0.3) is 5.97 Å². The van der Waals surface area contributed by atoms with Gasteiger partial charge in [0.05, 0.1) is 0 Å². The van der Waals surface area contributed by atoms with Crippen LogP contribution in [0.1, 0.15) is 11.2 Å². The van der Waals surface area contributed by atoms with E-state index < -0.39 is 5.97 Å². The summed E-state index contributed by atoms with van der Waals surface area (Å²) in [6, 6.07) is 0. The molecule has 0 spiro atoms. The fraction of sp³-hybridized carbons (Fsp3) is 0.500. The fourth-order valence-electron chi connectivity index (χ4n) is 0. The first kappa shape index (κ1) is 30.4. The molecule has 6 heteroatoms. The minimum Gasteiger partial charge on any atom is -1.00 e. The maximum Gasteiger partial charge on any atom is 1.00 e. The Labute approximate surface area is 133 Å².